The van der Waals surface area contributed by atoms with E-state index in [0.717, 1.165) is 31.4 Å². The number of ether oxygens (including phenoxy) is 2. The van der Waals surface area contributed by atoms with Gasteiger partial charge >= 0.3 is 0 Å². The molecule has 0 saturated carbocycles. The first-order valence-electron chi connectivity index (χ1n) is 8.03. The highest BCUT2D eigenvalue weighted by atomic mass is 32.2. The fraction of sp³-hybridized carbons (Fsp3) is 0.688. The van der Waals surface area contributed by atoms with Crippen molar-refractivity contribution in [1.82, 2.24) is 9.29 Å². The molecule has 0 spiro atoms. The summed E-state index contributed by atoms with van der Waals surface area (Å²) in [7, 11) is -3.18. The van der Waals surface area contributed by atoms with E-state index >= 15 is 0 Å². The third-order valence-corrected chi connectivity index (χ3v) is 6.08. The Morgan fingerprint density at radius 3 is 2.96 bits per heavy atom. The molecule has 2 atom stereocenters. The number of nitrogens with zero attached hydrogens (tertiary/aromatic N) is 2. The van der Waals surface area contributed by atoms with Crippen molar-refractivity contribution in [3.05, 3.63) is 30.1 Å². The zero-order chi connectivity index (χ0) is 16.3. The maximum Gasteiger partial charge on any atom is 0.211 e. The van der Waals surface area contributed by atoms with E-state index in [1.54, 1.807) is 16.7 Å². The summed E-state index contributed by atoms with van der Waals surface area (Å²) in [5.74, 6) is 0. The van der Waals surface area contributed by atoms with Crippen molar-refractivity contribution in [1.29, 1.82) is 0 Å². The molecule has 0 aromatic carbocycles. The van der Waals surface area contributed by atoms with Crippen molar-refractivity contribution in [2.45, 2.75) is 32.0 Å². The van der Waals surface area contributed by atoms with Gasteiger partial charge in [-0.3, -0.25) is 4.98 Å². The Hall–Kier alpha value is -1.02. The average Bonchev–Trinajstić information content (AvgIpc) is 2.54. The highest BCUT2D eigenvalue weighted by molar-refractivity contribution is 7.88. The summed E-state index contributed by atoms with van der Waals surface area (Å²) >= 11 is 0. The van der Waals surface area contributed by atoms with Gasteiger partial charge in [-0.05, 0) is 37.0 Å². The summed E-state index contributed by atoms with van der Waals surface area (Å²) in [5, 5.41) is 0. The van der Waals surface area contributed by atoms with E-state index in [9.17, 15) is 8.42 Å². The highest BCUT2D eigenvalue weighted by Crippen LogP contribution is 2.41. The Bertz CT molecular complexity index is 622. The normalized spacial score (nSPS) is 29.2. The monoisotopic (exact) mass is 340 g/mol. The topological polar surface area (TPSA) is 68.7 Å². The SMILES string of the molecule is CS(=O)(=O)N1CCC2OCCCC2(COCc2ccncc2)C1. The predicted octanol–water partition coefficient (Wildman–Crippen LogP) is 1.43. The minimum atomic E-state index is -3.18. The van der Waals surface area contributed by atoms with Gasteiger partial charge < -0.3 is 9.47 Å². The quantitative estimate of drug-likeness (QED) is 0.811. The van der Waals surface area contributed by atoms with Crippen LogP contribution in [0.2, 0.25) is 0 Å². The van der Waals surface area contributed by atoms with Crippen LogP contribution < -0.4 is 0 Å². The summed E-state index contributed by atoms with van der Waals surface area (Å²) < 4.78 is 37.3. The molecular weight excluding hydrogens is 316 g/mol. The van der Waals surface area contributed by atoms with Crippen LogP contribution in [0.15, 0.2) is 24.5 Å². The van der Waals surface area contributed by atoms with Crippen molar-refractivity contribution >= 4 is 10.0 Å². The van der Waals surface area contributed by atoms with E-state index < -0.39 is 10.0 Å². The lowest BCUT2D eigenvalue weighted by Crippen LogP contribution is -2.57. The molecule has 1 aromatic rings. The van der Waals surface area contributed by atoms with Crippen molar-refractivity contribution in [3.8, 4) is 0 Å². The number of sulfonamides is 1. The molecule has 0 bridgehead atoms. The molecule has 0 amide bonds. The molecule has 7 heteroatoms. The fourth-order valence-electron chi connectivity index (χ4n) is 3.59. The number of piperidine rings is 1. The standard InChI is InChI=1S/C16H24N2O4S/c1-23(19,20)18-9-5-15-16(12-18,6-2-10-22-15)13-21-11-14-3-7-17-8-4-14/h3-4,7-8,15H,2,5-6,9-13H2,1H3. The maximum absolute atomic E-state index is 11.9. The third-order valence-electron chi connectivity index (χ3n) is 4.83. The first-order chi connectivity index (χ1) is 11.0. The van der Waals surface area contributed by atoms with E-state index in [2.05, 4.69) is 4.98 Å². The Balaban J connectivity index is 1.68. The molecule has 3 rings (SSSR count). The second-order valence-electron chi connectivity index (χ2n) is 6.56. The first-order valence-corrected chi connectivity index (χ1v) is 9.88. The summed E-state index contributed by atoms with van der Waals surface area (Å²) in [4.78, 5) is 4.00. The van der Waals surface area contributed by atoms with Crippen molar-refractivity contribution in [3.63, 3.8) is 0 Å². The molecule has 3 heterocycles. The largest absolute Gasteiger partial charge is 0.377 e. The molecule has 0 aliphatic carbocycles. The van der Waals surface area contributed by atoms with E-state index in [0.29, 0.717) is 26.3 Å². The molecule has 128 valence electrons. The second-order valence-corrected chi connectivity index (χ2v) is 8.54. The first kappa shape index (κ1) is 16.8. The van der Waals surface area contributed by atoms with Crippen LogP contribution in [0.3, 0.4) is 0 Å². The van der Waals surface area contributed by atoms with E-state index in [1.165, 1.54) is 6.26 Å². The zero-order valence-corrected chi connectivity index (χ0v) is 14.3. The van der Waals surface area contributed by atoms with Crippen molar-refractivity contribution in [2.24, 2.45) is 5.41 Å². The van der Waals surface area contributed by atoms with Gasteiger partial charge in [0.1, 0.15) is 0 Å². The summed E-state index contributed by atoms with van der Waals surface area (Å²) in [5.41, 5.74) is 0.840. The van der Waals surface area contributed by atoms with E-state index in [4.69, 9.17) is 9.47 Å². The van der Waals surface area contributed by atoms with Crippen LogP contribution in [-0.2, 0) is 26.1 Å². The van der Waals surface area contributed by atoms with Gasteiger partial charge in [0.2, 0.25) is 10.0 Å². The van der Waals surface area contributed by atoms with Crippen LogP contribution in [0.1, 0.15) is 24.8 Å². The van der Waals surface area contributed by atoms with Gasteiger partial charge in [0.25, 0.3) is 0 Å². The van der Waals surface area contributed by atoms with Gasteiger partial charge in [0.15, 0.2) is 0 Å². The van der Waals surface area contributed by atoms with Crippen molar-refractivity contribution in [2.75, 3.05) is 32.6 Å². The highest BCUT2D eigenvalue weighted by Gasteiger charge is 2.47. The second kappa shape index (κ2) is 6.84. The van der Waals surface area contributed by atoms with Crippen LogP contribution in [0, 0.1) is 5.41 Å². The van der Waals surface area contributed by atoms with Gasteiger partial charge in [0, 0.05) is 37.5 Å². The zero-order valence-electron chi connectivity index (χ0n) is 13.5. The van der Waals surface area contributed by atoms with Crippen LogP contribution in [0.5, 0.6) is 0 Å². The average molecular weight is 340 g/mol. The number of rotatable bonds is 5. The van der Waals surface area contributed by atoms with Crippen LogP contribution in [0.4, 0.5) is 0 Å². The predicted molar refractivity (Wildman–Crippen MR) is 86.3 cm³/mol. The van der Waals surface area contributed by atoms with Crippen molar-refractivity contribution < 1.29 is 17.9 Å². The molecule has 2 unspecified atom stereocenters. The van der Waals surface area contributed by atoms with Gasteiger partial charge in [-0.25, -0.2) is 12.7 Å². The van der Waals surface area contributed by atoms with Crippen LogP contribution in [0.25, 0.3) is 0 Å². The summed E-state index contributed by atoms with van der Waals surface area (Å²) in [6.45, 7) is 2.82. The fourth-order valence-corrected chi connectivity index (χ4v) is 4.52. The van der Waals surface area contributed by atoms with Gasteiger partial charge in [-0.1, -0.05) is 0 Å². The lowest BCUT2D eigenvalue weighted by Gasteiger charge is -2.49. The lowest BCUT2D eigenvalue weighted by molar-refractivity contribution is -0.144. The molecule has 6 nitrogen and oxygen atoms in total. The molecule has 2 aliphatic rings. The minimum Gasteiger partial charge on any atom is -0.377 e. The number of fused-ring (bicyclic) bond motifs is 1. The molecule has 1 aromatic heterocycles. The molecular formula is C16H24N2O4S. The summed E-state index contributed by atoms with van der Waals surface area (Å²) in [6.07, 6.45) is 7.50. The molecule has 2 saturated heterocycles. The Morgan fingerprint density at radius 1 is 1.43 bits per heavy atom. The van der Waals surface area contributed by atoms with Crippen LogP contribution >= 0.6 is 0 Å². The molecule has 2 fully saturated rings. The molecule has 2 aliphatic heterocycles. The number of hydrogen-bond acceptors (Lipinski definition) is 5. The number of aromatic nitrogens is 1. The molecule has 0 radical (unpaired) electrons. The van der Waals surface area contributed by atoms with Crippen LogP contribution in [-0.4, -0.2) is 56.4 Å². The smallest absolute Gasteiger partial charge is 0.211 e. The Kier molecular flexibility index (Phi) is 5.01. The van der Waals surface area contributed by atoms with Gasteiger partial charge in [0.05, 0.1) is 25.6 Å². The number of pyridine rings is 1. The summed E-state index contributed by atoms with van der Waals surface area (Å²) in [6, 6.07) is 3.85. The van der Waals surface area contributed by atoms with Gasteiger partial charge in [-0.2, -0.15) is 0 Å². The molecule has 0 N–H and O–H groups in total. The minimum absolute atomic E-state index is 0.0895. The van der Waals surface area contributed by atoms with Gasteiger partial charge in [-0.15, -0.1) is 0 Å². The third kappa shape index (κ3) is 3.91. The Labute approximate surface area is 137 Å². The van der Waals surface area contributed by atoms with E-state index in [-0.39, 0.29) is 11.5 Å². The number of hydrogen-bond donors (Lipinski definition) is 0. The Morgan fingerprint density at radius 2 is 2.22 bits per heavy atom. The molecule has 23 heavy (non-hydrogen) atoms. The maximum atomic E-state index is 11.9. The van der Waals surface area contributed by atoms with E-state index in [1.807, 2.05) is 12.1 Å². The lowest BCUT2D eigenvalue weighted by atomic mass is 9.73.